The highest BCUT2D eigenvalue weighted by Crippen LogP contribution is 2.11. The lowest BCUT2D eigenvalue weighted by atomic mass is 10.1. The third-order valence-electron chi connectivity index (χ3n) is 3.11. The van der Waals surface area contributed by atoms with E-state index in [2.05, 4.69) is 38.9 Å². The van der Waals surface area contributed by atoms with Crippen molar-refractivity contribution >= 4 is 16.3 Å². The summed E-state index contributed by atoms with van der Waals surface area (Å²) in [5.41, 5.74) is 3.51. The molecule has 3 aromatic rings. The van der Waals surface area contributed by atoms with Gasteiger partial charge in [-0.3, -0.25) is 9.38 Å². The first kappa shape index (κ1) is 12.3. The molecule has 98 valence electrons. The van der Waals surface area contributed by atoms with Crippen molar-refractivity contribution in [3.05, 3.63) is 53.1 Å². The van der Waals surface area contributed by atoms with Gasteiger partial charge >= 0.3 is 0 Å². The summed E-state index contributed by atoms with van der Waals surface area (Å²) < 4.78 is 2.06. The first-order valence-electron chi connectivity index (χ1n) is 6.41. The number of hydrogen-bond acceptors (Lipinski definition) is 4. The van der Waals surface area contributed by atoms with Crippen LogP contribution < -0.4 is 5.32 Å². The fraction of sp³-hybridized carbons (Fsp3) is 0.286. The standard InChI is InChI=1S/C14H16N4S/c1-2-11-4-3-5-16-13(11)9-15-8-12-10-18-6-7-19-14(18)17-12/h3-7,10,15H,2,8-9H2,1H3. The lowest BCUT2D eigenvalue weighted by molar-refractivity contribution is 0.664. The first-order chi connectivity index (χ1) is 9.36. The van der Waals surface area contributed by atoms with Crippen molar-refractivity contribution in [2.75, 3.05) is 0 Å². The molecule has 19 heavy (non-hydrogen) atoms. The summed E-state index contributed by atoms with van der Waals surface area (Å²) in [6, 6.07) is 4.13. The average Bonchev–Trinajstić information content (AvgIpc) is 3.00. The number of imidazole rings is 1. The maximum Gasteiger partial charge on any atom is 0.193 e. The molecule has 0 atom stereocenters. The molecule has 0 aliphatic heterocycles. The zero-order valence-electron chi connectivity index (χ0n) is 10.8. The van der Waals surface area contributed by atoms with Gasteiger partial charge in [-0.2, -0.15) is 0 Å². The highest BCUT2D eigenvalue weighted by Gasteiger charge is 2.04. The molecule has 0 aliphatic rings. The van der Waals surface area contributed by atoms with Crippen LogP contribution in [-0.2, 0) is 19.5 Å². The van der Waals surface area contributed by atoms with Gasteiger partial charge in [-0.25, -0.2) is 4.98 Å². The SMILES string of the molecule is CCc1cccnc1CNCc1cn2ccsc2n1. The summed E-state index contributed by atoms with van der Waals surface area (Å²) in [6.07, 6.45) is 6.97. The Morgan fingerprint density at radius 2 is 2.32 bits per heavy atom. The molecule has 0 amide bonds. The number of rotatable bonds is 5. The van der Waals surface area contributed by atoms with Gasteiger partial charge in [-0.05, 0) is 18.1 Å². The second-order valence-electron chi connectivity index (χ2n) is 4.39. The average molecular weight is 272 g/mol. The number of aryl methyl sites for hydroxylation is 1. The number of nitrogens with one attached hydrogen (secondary N) is 1. The van der Waals surface area contributed by atoms with Gasteiger partial charge in [-0.1, -0.05) is 13.0 Å². The minimum atomic E-state index is 0.772. The lowest BCUT2D eigenvalue weighted by Crippen LogP contribution is -2.15. The summed E-state index contributed by atoms with van der Waals surface area (Å²) >= 11 is 1.66. The van der Waals surface area contributed by atoms with Crippen LogP contribution in [0.5, 0.6) is 0 Å². The third-order valence-corrected chi connectivity index (χ3v) is 3.88. The molecule has 0 saturated heterocycles. The molecule has 0 spiro atoms. The molecule has 0 radical (unpaired) electrons. The van der Waals surface area contributed by atoms with E-state index in [1.807, 2.05) is 23.8 Å². The van der Waals surface area contributed by atoms with Gasteiger partial charge in [0, 0.05) is 37.1 Å². The third kappa shape index (κ3) is 2.67. The van der Waals surface area contributed by atoms with E-state index in [1.54, 1.807) is 11.3 Å². The Labute approximate surface area is 116 Å². The van der Waals surface area contributed by atoms with Crippen molar-refractivity contribution in [2.24, 2.45) is 0 Å². The fourth-order valence-corrected chi connectivity index (χ4v) is 2.84. The molecular formula is C14H16N4S. The number of thiazole rings is 1. The van der Waals surface area contributed by atoms with Crippen LogP contribution in [0.25, 0.3) is 4.96 Å². The Bertz CT molecular complexity index is 642. The Hall–Kier alpha value is -1.72. The number of pyridine rings is 1. The molecule has 3 rings (SSSR count). The van der Waals surface area contributed by atoms with E-state index in [0.29, 0.717) is 0 Å². The van der Waals surface area contributed by atoms with Gasteiger partial charge in [0.2, 0.25) is 0 Å². The largest absolute Gasteiger partial charge is 0.305 e. The Morgan fingerprint density at radius 1 is 1.37 bits per heavy atom. The van der Waals surface area contributed by atoms with Crippen molar-refractivity contribution in [1.82, 2.24) is 19.7 Å². The minimum Gasteiger partial charge on any atom is -0.305 e. The molecule has 5 heteroatoms. The van der Waals surface area contributed by atoms with Crippen LogP contribution in [0.2, 0.25) is 0 Å². The van der Waals surface area contributed by atoms with Gasteiger partial charge in [0.25, 0.3) is 0 Å². The van der Waals surface area contributed by atoms with Gasteiger partial charge in [0.15, 0.2) is 4.96 Å². The monoisotopic (exact) mass is 272 g/mol. The molecule has 3 heterocycles. The maximum absolute atomic E-state index is 4.55. The second-order valence-corrected chi connectivity index (χ2v) is 5.26. The maximum atomic E-state index is 4.55. The van der Waals surface area contributed by atoms with E-state index in [-0.39, 0.29) is 0 Å². The van der Waals surface area contributed by atoms with Gasteiger partial charge < -0.3 is 5.32 Å². The number of aromatic nitrogens is 3. The highest BCUT2D eigenvalue weighted by atomic mass is 32.1. The topological polar surface area (TPSA) is 42.2 Å². The first-order valence-corrected chi connectivity index (χ1v) is 7.29. The van der Waals surface area contributed by atoms with Crippen LogP contribution in [0.1, 0.15) is 23.9 Å². The van der Waals surface area contributed by atoms with Crippen LogP contribution >= 0.6 is 11.3 Å². The van der Waals surface area contributed by atoms with E-state index in [0.717, 1.165) is 35.9 Å². The van der Waals surface area contributed by atoms with Crippen LogP contribution in [0.4, 0.5) is 0 Å². The van der Waals surface area contributed by atoms with Crippen molar-refractivity contribution in [3.63, 3.8) is 0 Å². The van der Waals surface area contributed by atoms with Gasteiger partial charge in [0.1, 0.15) is 0 Å². The van der Waals surface area contributed by atoms with Gasteiger partial charge in [0.05, 0.1) is 11.4 Å². The number of nitrogens with zero attached hydrogens (tertiary/aromatic N) is 3. The van der Waals surface area contributed by atoms with Crippen LogP contribution in [0, 0.1) is 0 Å². The summed E-state index contributed by atoms with van der Waals surface area (Å²) in [5, 5.41) is 5.45. The molecule has 3 aromatic heterocycles. The molecule has 0 unspecified atom stereocenters. The van der Waals surface area contributed by atoms with Crippen molar-refractivity contribution in [2.45, 2.75) is 26.4 Å². The molecule has 0 fully saturated rings. The smallest absolute Gasteiger partial charge is 0.193 e. The van der Waals surface area contributed by atoms with Crippen LogP contribution in [0.3, 0.4) is 0 Å². The molecular weight excluding hydrogens is 256 g/mol. The van der Waals surface area contributed by atoms with E-state index < -0.39 is 0 Å². The molecule has 0 aromatic carbocycles. The Balaban J connectivity index is 1.62. The van der Waals surface area contributed by atoms with Gasteiger partial charge in [-0.15, -0.1) is 11.3 Å². The lowest BCUT2D eigenvalue weighted by Gasteiger charge is -2.06. The fourth-order valence-electron chi connectivity index (χ4n) is 2.12. The van der Waals surface area contributed by atoms with E-state index in [1.165, 1.54) is 5.56 Å². The van der Waals surface area contributed by atoms with E-state index in [9.17, 15) is 0 Å². The Kier molecular flexibility index (Phi) is 3.57. The Morgan fingerprint density at radius 3 is 3.16 bits per heavy atom. The molecule has 0 bridgehead atoms. The molecule has 0 saturated carbocycles. The van der Waals surface area contributed by atoms with E-state index >= 15 is 0 Å². The quantitative estimate of drug-likeness (QED) is 0.776. The van der Waals surface area contributed by atoms with Crippen LogP contribution in [0.15, 0.2) is 36.1 Å². The summed E-state index contributed by atoms with van der Waals surface area (Å²) in [5.74, 6) is 0. The molecule has 1 N–H and O–H groups in total. The van der Waals surface area contributed by atoms with Crippen molar-refractivity contribution in [3.8, 4) is 0 Å². The zero-order valence-corrected chi connectivity index (χ0v) is 11.7. The summed E-state index contributed by atoms with van der Waals surface area (Å²) in [6.45, 7) is 3.72. The predicted molar refractivity (Wildman–Crippen MR) is 77.2 cm³/mol. The highest BCUT2D eigenvalue weighted by molar-refractivity contribution is 7.15. The van der Waals surface area contributed by atoms with Crippen molar-refractivity contribution < 1.29 is 0 Å². The van der Waals surface area contributed by atoms with E-state index in [4.69, 9.17) is 0 Å². The van der Waals surface area contributed by atoms with Crippen LogP contribution in [-0.4, -0.2) is 14.4 Å². The minimum absolute atomic E-state index is 0.772. The molecule has 4 nitrogen and oxygen atoms in total. The zero-order chi connectivity index (χ0) is 13.1. The second kappa shape index (κ2) is 5.50. The predicted octanol–water partition coefficient (Wildman–Crippen LogP) is 2.64. The van der Waals surface area contributed by atoms with Crippen molar-refractivity contribution in [1.29, 1.82) is 0 Å². The molecule has 0 aliphatic carbocycles. The number of hydrogen-bond donors (Lipinski definition) is 1. The normalized spacial score (nSPS) is 11.2. The summed E-state index contributed by atoms with van der Waals surface area (Å²) in [4.78, 5) is 10.0. The summed E-state index contributed by atoms with van der Waals surface area (Å²) in [7, 11) is 0. The number of fused-ring (bicyclic) bond motifs is 1.